The fourth-order valence-corrected chi connectivity index (χ4v) is 1.89. The van der Waals surface area contributed by atoms with E-state index in [1.165, 1.54) is 12.1 Å². The molecule has 1 heterocycles. The monoisotopic (exact) mass is 296 g/mol. The molecule has 1 saturated heterocycles. The Morgan fingerprint density at radius 1 is 1.48 bits per heavy atom. The number of hydrogen-bond acceptors (Lipinski definition) is 4. The number of benzene rings is 1. The van der Waals surface area contributed by atoms with Crippen molar-refractivity contribution in [1.82, 2.24) is 10.6 Å². The molecule has 2 rings (SSSR count). The molecule has 1 unspecified atom stereocenters. The van der Waals surface area contributed by atoms with E-state index in [0.717, 1.165) is 5.56 Å². The second-order valence-corrected chi connectivity index (χ2v) is 6.07. The molecule has 0 radical (unpaired) electrons. The molecule has 1 amide bonds. The quantitative estimate of drug-likeness (QED) is 0.874. The molecule has 1 aromatic carbocycles. The van der Waals surface area contributed by atoms with Gasteiger partial charge in [-0.2, -0.15) is 0 Å². The molecule has 1 atom stereocenters. The van der Waals surface area contributed by atoms with Crippen LogP contribution in [0.15, 0.2) is 18.2 Å². The van der Waals surface area contributed by atoms with Crippen LogP contribution in [0, 0.1) is 5.82 Å². The number of cyclic esters (lactones) is 1. The van der Waals surface area contributed by atoms with Crippen molar-refractivity contribution in [2.24, 2.45) is 0 Å². The van der Waals surface area contributed by atoms with Gasteiger partial charge in [-0.1, -0.05) is 0 Å². The Balaban J connectivity index is 1.99. The van der Waals surface area contributed by atoms with E-state index in [0.29, 0.717) is 18.8 Å². The molecule has 5 nitrogen and oxygen atoms in total. The van der Waals surface area contributed by atoms with E-state index >= 15 is 0 Å². The predicted molar refractivity (Wildman–Crippen MR) is 76.8 cm³/mol. The van der Waals surface area contributed by atoms with E-state index in [4.69, 9.17) is 9.47 Å². The maximum Gasteiger partial charge on any atom is 0.407 e. The number of rotatable bonds is 5. The normalized spacial score (nSPS) is 18.3. The third-order valence-corrected chi connectivity index (χ3v) is 3.00. The molecule has 0 bridgehead atoms. The van der Waals surface area contributed by atoms with E-state index in [9.17, 15) is 9.18 Å². The predicted octanol–water partition coefficient (Wildman–Crippen LogP) is 2.20. The summed E-state index contributed by atoms with van der Waals surface area (Å²) >= 11 is 0. The van der Waals surface area contributed by atoms with E-state index in [2.05, 4.69) is 10.6 Å². The first-order valence-corrected chi connectivity index (χ1v) is 6.94. The molecular formula is C15H21FN2O3. The highest BCUT2D eigenvalue weighted by molar-refractivity contribution is 5.69. The second kappa shape index (κ2) is 6.30. The molecular weight excluding hydrogens is 275 g/mol. The summed E-state index contributed by atoms with van der Waals surface area (Å²) in [5.41, 5.74) is 0.663. The molecule has 1 fully saturated rings. The van der Waals surface area contributed by atoms with Crippen molar-refractivity contribution in [1.29, 1.82) is 0 Å². The van der Waals surface area contributed by atoms with Gasteiger partial charge >= 0.3 is 6.09 Å². The standard InChI is InChI=1S/C15H21FN2O3/c1-15(2,3)18-7-10-6-11(16)4-5-13(10)20-9-12-8-17-14(19)21-12/h4-6,12,18H,7-9H2,1-3H3,(H,17,19). The summed E-state index contributed by atoms with van der Waals surface area (Å²) in [6.45, 7) is 7.28. The van der Waals surface area contributed by atoms with Gasteiger partial charge in [0.15, 0.2) is 6.10 Å². The Kier molecular flexibility index (Phi) is 4.67. The van der Waals surface area contributed by atoms with Crippen molar-refractivity contribution in [3.8, 4) is 5.75 Å². The van der Waals surface area contributed by atoms with Crippen LogP contribution in [0.2, 0.25) is 0 Å². The number of amides is 1. The molecule has 0 aliphatic carbocycles. The van der Waals surface area contributed by atoms with Crippen molar-refractivity contribution >= 4 is 6.09 Å². The smallest absolute Gasteiger partial charge is 0.407 e. The highest BCUT2D eigenvalue weighted by Crippen LogP contribution is 2.21. The third kappa shape index (κ3) is 4.90. The molecule has 116 valence electrons. The third-order valence-electron chi connectivity index (χ3n) is 3.00. The van der Waals surface area contributed by atoms with Gasteiger partial charge in [0, 0.05) is 17.6 Å². The lowest BCUT2D eigenvalue weighted by molar-refractivity contribution is 0.104. The van der Waals surface area contributed by atoms with Crippen LogP contribution in [0.5, 0.6) is 5.75 Å². The highest BCUT2D eigenvalue weighted by Gasteiger charge is 2.23. The van der Waals surface area contributed by atoms with Gasteiger partial charge in [-0.25, -0.2) is 9.18 Å². The molecule has 0 spiro atoms. The zero-order valence-electron chi connectivity index (χ0n) is 12.5. The molecule has 2 N–H and O–H groups in total. The summed E-state index contributed by atoms with van der Waals surface area (Å²) in [7, 11) is 0. The number of carbonyl (C=O) groups is 1. The minimum atomic E-state index is -0.433. The van der Waals surface area contributed by atoms with Gasteiger partial charge in [-0.05, 0) is 39.0 Å². The summed E-state index contributed by atoms with van der Waals surface area (Å²) < 4.78 is 24.1. The van der Waals surface area contributed by atoms with Gasteiger partial charge in [0.25, 0.3) is 0 Å². The van der Waals surface area contributed by atoms with Crippen LogP contribution >= 0.6 is 0 Å². The summed E-state index contributed by atoms with van der Waals surface area (Å²) in [5.74, 6) is 0.290. The van der Waals surface area contributed by atoms with Crippen LogP contribution in [-0.4, -0.2) is 30.9 Å². The Hall–Kier alpha value is -1.82. The van der Waals surface area contributed by atoms with Crippen molar-refractivity contribution in [3.05, 3.63) is 29.6 Å². The number of halogens is 1. The molecule has 0 aromatic heterocycles. The second-order valence-electron chi connectivity index (χ2n) is 6.07. The van der Waals surface area contributed by atoms with Gasteiger partial charge in [-0.3, -0.25) is 0 Å². The lowest BCUT2D eigenvalue weighted by atomic mass is 10.1. The largest absolute Gasteiger partial charge is 0.489 e. The van der Waals surface area contributed by atoms with Crippen LogP contribution in [0.1, 0.15) is 26.3 Å². The first-order valence-electron chi connectivity index (χ1n) is 6.94. The van der Waals surface area contributed by atoms with Gasteiger partial charge in [0.1, 0.15) is 18.2 Å². The average Bonchev–Trinajstić information content (AvgIpc) is 2.80. The van der Waals surface area contributed by atoms with E-state index < -0.39 is 6.09 Å². The fourth-order valence-electron chi connectivity index (χ4n) is 1.89. The molecule has 1 aliphatic rings. The van der Waals surface area contributed by atoms with Crippen LogP contribution in [0.25, 0.3) is 0 Å². The number of nitrogens with one attached hydrogen (secondary N) is 2. The SMILES string of the molecule is CC(C)(C)NCc1cc(F)ccc1OCC1CNC(=O)O1. The van der Waals surface area contributed by atoms with Crippen molar-refractivity contribution in [2.45, 2.75) is 39.0 Å². The van der Waals surface area contributed by atoms with Crippen LogP contribution < -0.4 is 15.4 Å². The van der Waals surface area contributed by atoms with Gasteiger partial charge < -0.3 is 20.1 Å². The Morgan fingerprint density at radius 3 is 2.86 bits per heavy atom. The highest BCUT2D eigenvalue weighted by atomic mass is 19.1. The van der Waals surface area contributed by atoms with Crippen molar-refractivity contribution < 1.29 is 18.7 Å². The fraction of sp³-hybridized carbons (Fsp3) is 0.533. The number of hydrogen-bond donors (Lipinski definition) is 2. The lowest BCUT2D eigenvalue weighted by Crippen LogP contribution is -2.35. The molecule has 1 aliphatic heterocycles. The minimum Gasteiger partial charge on any atom is -0.489 e. The first kappa shape index (κ1) is 15.6. The van der Waals surface area contributed by atoms with Crippen molar-refractivity contribution in [3.63, 3.8) is 0 Å². The number of carbonyl (C=O) groups excluding carboxylic acids is 1. The van der Waals surface area contributed by atoms with Gasteiger partial charge in [-0.15, -0.1) is 0 Å². The van der Waals surface area contributed by atoms with Gasteiger partial charge in [0.2, 0.25) is 0 Å². The zero-order chi connectivity index (χ0) is 15.5. The maximum atomic E-state index is 13.4. The van der Waals surface area contributed by atoms with E-state index in [1.54, 1.807) is 6.07 Å². The maximum absolute atomic E-state index is 13.4. The van der Waals surface area contributed by atoms with Crippen molar-refractivity contribution in [2.75, 3.05) is 13.2 Å². The minimum absolute atomic E-state index is 0.0749. The topological polar surface area (TPSA) is 59.6 Å². The Labute approximate surface area is 123 Å². The molecule has 1 aromatic rings. The van der Waals surface area contributed by atoms with E-state index in [-0.39, 0.29) is 24.1 Å². The zero-order valence-corrected chi connectivity index (χ0v) is 12.5. The summed E-state index contributed by atoms with van der Waals surface area (Å²) in [6.07, 6.45) is -0.747. The Morgan fingerprint density at radius 2 is 2.24 bits per heavy atom. The van der Waals surface area contributed by atoms with E-state index in [1.807, 2.05) is 20.8 Å². The van der Waals surface area contributed by atoms with Crippen LogP contribution in [-0.2, 0) is 11.3 Å². The summed E-state index contributed by atoms with van der Waals surface area (Å²) in [6, 6.07) is 4.40. The van der Waals surface area contributed by atoms with Crippen LogP contribution in [0.4, 0.5) is 9.18 Å². The lowest BCUT2D eigenvalue weighted by Gasteiger charge is -2.22. The average molecular weight is 296 g/mol. The Bertz CT molecular complexity index is 514. The summed E-state index contributed by atoms with van der Waals surface area (Å²) in [4.78, 5) is 10.9. The molecule has 6 heteroatoms. The number of alkyl carbamates (subject to hydrolysis) is 1. The van der Waals surface area contributed by atoms with Gasteiger partial charge in [0.05, 0.1) is 6.54 Å². The van der Waals surface area contributed by atoms with Crippen LogP contribution in [0.3, 0.4) is 0 Å². The first-order chi connectivity index (χ1) is 9.83. The molecule has 0 saturated carbocycles. The number of ether oxygens (including phenoxy) is 2. The molecule has 21 heavy (non-hydrogen) atoms. The summed E-state index contributed by atoms with van der Waals surface area (Å²) in [5, 5.41) is 5.86.